The minimum atomic E-state index is -1.35. The maximum Gasteiger partial charge on any atom is 0.326 e. The first-order valence-electron chi connectivity index (χ1n) is 11.0. The van der Waals surface area contributed by atoms with E-state index >= 15 is 0 Å². The van der Waals surface area contributed by atoms with Crippen LogP contribution in [0, 0.1) is 5.92 Å². The van der Waals surface area contributed by atoms with Gasteiger partial charge in [0.15, 0.2) is 0 Å². The van der Waals surface area contributed by atoms with E-state index in [1.165, 1.54) is 0 Å². The standard InChI is InChI=1S/C20H38N6O6S/c1-3-11(2)16(19(30)24-13(20(31)32)7-8-15(23)27)26-18(29)14(10-33)25-17(28)12(22)6-4-5-9-21/h11-14,16,33H,3-10,21-22H2,1-2H3,(H2,23,27)(H,24,30)(H,25,28)(H,26,29)(H,31,32). The topological polar surface area (TPSA) is 220 Å². The summed E-state index contributed by atoms with van der Waals surface area (Å²) in [6.45, 7) is 4.00. The Labute approximate surface area is 199 Å². The van der Waals surface area contributed by atoms with Gasteiger partial charge in [0.2, 0.25) is 23.6 Å². The van der Waals surface area contributed by atoms with Gasteiger partial charge in [0.1, 0.15) is 18.1 Å². The highest BCUT2D eigenvalue weighted by Gasteiger charge is 2.32. The van der Waals surface area contributed by atoms with E-state index in [1.54, 1.807) is 13.8 Å². The molecule has 13 heteroatoms. The first kappa shape index (κ1) is 30.6. The lowest BCUT2D eigenvalue weighted by Crippen LogP contribution is -2.59. The van der Waals surface area contributed by atoms with E-state index in [0.717, 1.165) is 6.42 Å². The number of carboxylic acids is 1. The molecule has 0 fully saturated rings. The van der Waals surface area contributed by atoms with Gasteiger partial charge in [-0.05, 0) is 31.7 Å². The normalized spacial score (nSPS) is 15.4. The molecule has 0 radical (unpaired) electrons. The van der Waals surface area contributed by atoms with Crippen LogP contribution in [-0.2, 0) is 24.0 Å². The summed E-state index contributed by atoms with van der Waals surface area (Å²) in [5.41, 5.74) is 16.3. The van der Waals surface area contributed by atoms with Gasteiger partial charge in [-0.25, -0.2) is 4.79 Å². The molecule has 0 aromatic heterocycles. The Morgan fingerprint density at radius 3 is 2.03 bits per heavy atom. The van der Waals surface area contributed by atoms with Gasteiger partial charge in [-0.1, -0.05) is 26.7 Å². The van der Waals surface area contributed by atoms with Crippen LogP contribution >= 0.6 is 12.6 Å². The molecular weight excluding hydrogens is 452 g/mol. The third-order valence-electron chi connectivity index (χ3n) is 5.21. The molecule has 0 saturated heterocycles. The lowest BCUT2D eigenvalue weighted by molar-refractivity contribution is -0.143. The number of primary amides is 1. The largest absolute Gasteiger partial charge is 0.480 e. The second-order valence-electron chi connectivity index (χ2n) is 7.91. The molecule has 0 spiro atoms. The van der Waals surface area contributed by atoms with Crippen molar-refractivity contribution < 1.29 is 29.1 Å². The number of aliphatic carboxylic acids is 1. The molecule has 0 aromatic carbocycles. The van der Waals surface area contributed by atoms with Crippen LogP contribution in [0.5, 0.6) is 0 Å². The molecule has 5 atom stereocenters. The van der Waals surface area contributed by atoms with Gasteiger partial charge in [0, 0.05) is 12.2 Å². The molecule has 0 heterocycles. The summed E-state index contributed by atoms with van der Waals surface area (Å²) in [4.78, 5) is 60.3. The molecule has 190 valence electrons. The number of carboxylic acid groups (broad SMARTS) is 1. The van der Waals surface area contributed by atoms with Gasteiger partial charge in [-0.2, -0.15) is 12.6 Å². The van der Waals surface area contributed by atoms with E-state index < -0.39 is 53.8 Å². The molecule has 33 heavy (non-hydrogen) atoms. The van der Waals surface area contributed by atoms with E-state index in [0.29, 0.717) is 25.8 Å². The molecule has 0 bridgehead atoms. The second kappa shape index (κ2) is 16.3. The number of unbranched alkanes of at least 4 members (excludes halogenated alkanes) is 1. The van der Waals surface area contributed by atoms with Crippen molar-refractivity contribution in [3.63, 3.8) is 0 Å². The van der Waals surface area contributed by atoms with Crippen LogP contribution in [0.15, 0.2) is 0 Å². The molecule has 0 aliphatic rings. The number of carbonyl (C=O) groups is 5. The number of hydrogen-bond donors (Lipinski definition) is 8. The zero-order valence-corrected chi connectivity index (χ0v) is 20.1. The highest BCUT2D eigenvalue weighted by Crippen LogP contribution is 2.10. The van der Waals surface area contributed by atoms with E-state index in [4.69, 9.17) is 17.2 Å². The fourth-order valence-electron chi connectivity index (χ4n) is 2.87. The molecule has 10 N–H and O–H groups in total. The molecule has 0 aliphatic heterocycles. The Balaban J connectivity index is 5.23. The number of hydrogen-bond acceptors (Lipinski definition) is 8. The van der Waals surface area contributed by atoms with Crippen molar-refractivity contribution in [1.29, 1.82) is 0 Å². The number of nitrogens with two attached hydrogens (primary N) is 3. The average molecular weight is 491 g/mol. The van der Waals surface area contributed by atoms with Crippen LogP contribution in [0.1, 0.15) is 52.4 Å². The molecule has 0 saturated carbocycles. The van der Waals surface area contributed by atoms with Crippen LogP contribution in [-0.4, -0.2) is 71.2 Å². The molecule has 12 nitrogen and oxygen atoms in total. The zero-order valence-electron chi connectivity index (χ0n) is 19.2. The summed E-state index contributed by atoms with van der Waals surface area (Å²) >= 11 is 4.11. The maximum atomic E-state index is 12.8. The SMILES string of the molecule is CCC(C)C(NC(=O)C(CS)NC(=O)C(N)CCCCN)C(=O)NC(CCC(N)=O)C(=O)O. The van der Waals surface area contributed by atoms with Gasteiger partial charge in [0.25, 0.3) is 0 Å². The third kappa shape index (κ3) is 11.9. The highest BCUT2D eigenvalue weighted by atomic mass is 32.1. The van der Waals surface area contributed by atoms with Crippen molar-refractivity contribution in [3.05, 3.63) is 0 Å². The second-order valence-corrected chi connectivity index (χ2v) is 8.28. The minimum absolute atomic E-state index is 0.0434. The fourth-order valence-corrected chi connectivity index (χ4v) is 3.13. The smallest absolute Gasteiger partial charge is 0.326 e. The van der Waals surface area contributed by atoms with Gasteiger partial charge < -0.3 is 38.3 Å². The molecule has 0 aliphatic carbocycles. The van der Waals surface area contributed by atoms with Crippen LogP contribution in [0.3, 0.4) is 0 Å². The zero-order chi connectivity index (χ0) is 25.6. The Morgan fingerprint density at radius 1 is 0.939 bits per heavy atom. The Hall–Kier alpha value is -2.38. The van der Waals surface area contributed by atoms with E-state index in [1.807, 2.05) is 0 Å². The lowest BCUT2D eigenvalue weighted by Gasteiger charge is -2.27. The molecule has 0 rings (SSSR count). The Morgan fingerprint density at radius 2 is 1.55 bits per heavy atom. The summed E-state index contributed by atoms with van der Waals surface area (Å²) in [6.07, 6.45) is 1.89. The lowest BCUT2D eigenvalue weighted by atomic mass is 9.97. The van der Waals surface area contributed by atoms with Crippen molar-refractivity contribution in [2.24, 2.45) is 23.1 Å². The predicted octanol–water partition coefficient (Wildman–Crippen LogP) is -1.78. The number of amides is 4. The van der Waals surface area contributed by atoms with Gasteiger partial charge in [-0.3, -0.25) is 19.2 Å². The van der Waals surface area contributed by atoms with Gasteiger partial charge >= 0.3 is 5.97 Å². The predicted molar refractivity (Wildman–Crippen MR) is 126 cm³/mol. The summed E-state index contributed by atoms with van der Waals surface area (Å²) in [5, 5.41) is 16.8. The summed E-state index contributed by atoms with van der Waals surface area (Å²) in [5.74, 6) is -4.33. The van der Waals surface area contributed by atoms with E-state index in [-0.39, 0.29) is 24.5 Å². The van der Waals surface area contributed by atoms with Crippen LogP contribution < -0.4 is 33.2 Å². The quantitative estimate of drug-likeness (QED) is 0.0858. The maximum absolute atomic E-state index is 12.8. The summed E-state index contributed by atoms with van der Waals surface area (Å²) in [7, 11) is 0. The first-order valence-corrected chi connectivity index (χ1v) is 11.6. The van der Waals surface area contributed by atoms with Crippen molar-refractivity contribution >= 4 is 42.2 Å². The van der Waals surface area contributed by atoms with Crippen LogP contribution in [0.4, 0.5) is 0 Å². The van der Waals surface area contributed by atoms with Crippen molar-refractivity contribution in [2.75, 3.05) is 12.3 Å². The van der Waals surface area contributed by atoms with E-state index in [9.17, 15) is 29.1 Å². The van der Waals surface area contributed by atoms with Crippen LogP contribution in [0.25, 0.3) is 0 Å². The highest BCUT2D eigenvalue weighted by molar-refractivity contribution is 7.80. The third-order valence-corrected chi connectivity index (χ3v) is 5.57. The first-order chi connectivity index (χ1) is 15.5. The number of rotatable bonds is 17. The minimum Gasteiger partial charge on any atom is -0.480 e. The Kier molecular flexibility index (Phi) is 15.1. The van der Waals surface area contributed by atoms with E-state index in [2.05, 4.69) is 28.6 Å². The van der Waals surface area contributed by atoms with Crippen LogP contribution in [0.2, 0.25) is 0 Å². The molecule has 4 amide bonds. The van der Waals surface area contributed by atoms with Crippen molar-refractivity contribution in [3.8, 4) is 0 Å². The Bertz CT molecular complexity index is 679. The van der Waals surface area contributed by atoms with Gasteiger partial charge in [-0.15, -0.1) is 0 Å². The number of nitrogens with one attached hydrogen (secondary N) is 3. The number of thiol groups is 1. The monoisotopic (exact) mass is 490 g/mol. The number of carbonyl (C=O) groups excluding carboxylic acids is 4. The fraction of sp³-hybridized carbons (Fsp3) is 0.750. The molecule has 0 aromatic rings. The molecule has 5 unspecified atom stereocenters. The van der Waals surface area contributed by atoms with Crippen molar-refractivity contribution in [2.45, 2.75) is 76.5 Å². The van der Waals surface area contributed by atoms with Crippen molar-refractivity contribution in [1.82, 2.24) is 16.0 Å². The average Bonchev–Trinajstić information content (AvgIpc) is 2.76. The summed E-state index contributed by atoms with van der Waals surface area (Å²) in [6, 6.07) is -4.29. The molecular formula is C20H38N6O6S. The van der Waals surface area contributed by atoms with Gasteiger partial charge in [0.05, 0.1) is 6.04 Å². The summed E-state index contributed by atoms with van der Waals surface area (Å²) < 4.78 is 0.